The summed E-state index contributed by atoms with van der Waals surface area (Å²) in [5.74, 6) is 1.56. The summed E-state index contributed by atoms with van der Waals surface area (Å²) in [4.78, 5) is 21.2. The fourth-order valence-electron chi connectivity index (χ4n) is 3.76. The molecular formula is C29H39N3O4. The Labute approximate surface area is 214 Å². The van der Waals surface area contributed by atoms with E-state index in [1.165, 1.54) is 39.2 Å². The molecule has 0 amide bonds. The summed E-state index contributed by atoms with van der Waals surface area (Å²) in [6.45, 7) is 9.44. The van der Waals surface area contributed by atoms with Crippen molar-refractivity contribution in [1.29, 1.82) is 0 Å². The number of esters is 1. The zero-order chi connectivity index (χ0) is 26.0. The third-order valence-electron chi connectivity index (χ3n) is 5.61. The highest BCUT2D eigenvalue weighted by Gasteiger charge is 2.19. The van der Waals surface area contributed by atoms with Gasteiger partial charge < -0.3 is 19.5 Å². The number of nitrogens with one attached hydrogen (secondary N) is 1. The Kier molecular flexibility index (Phi) is 9.91. The van der Waals surface area contributed by atoms with Crippen molar-refractivity contribution in [2.45, 2.75) is 78.4 Å². The highest BCUT2D eigenvalue weighted by molar-refractivity contribution is 5.93. The van der Waals surface area contributed by atoms with Gasteiger partial charge >= 0.3 is 5.97 Å². The maximum absolute atomic E-state index is 12.1. The van der Waals surface area contributed by atoms with Crippen LogP contribution in [0.5, 0.6) is 11.5 Å². The summed E-state index contributed by atoms with van der Waals surface area (Å²) in [5.41, 5.74) is 1.24. The quantitative estimate of drug-likeness (QED) is 0.204. The van der Waals surface area contributed by atoms with Gasteiger partial charge in [0.15, 0.2) is 11.3 Å². The highest BCUT2D eigenvalue weighted by Crippen LogP contribution is 2.29. The van der Waals surface area contributed by atoms with E-state index in [4.69, 9.17) is 14.2 Å². The van der Waals surface area contributed by atoms with E-state index in [2.05, 4.69) is 22.2 Å². The summed E-state index contributed by atoms with van der Waals surface area (Å²) >= 11 is 0. The molecule has 2 aromatic heterocycles. The molecule has 0 aliphatic rings. The van der Waals surface area contributed by atoms with Gasteiger partial charge in [-0.2, -0.15) is 0 Å². The van der Waals surface area contributed by atoms with Crippen molar-refractivity contribution < 1.29 is 19.0 Å². The number of carbonyl (C=O) groups excluding carboxylic acids is 1. The van der Waals surface area contributed by atoms with Gasteiger partial charge in [-0.3, -0.25) is 0 Å². The molecule has 7 heteroatoms. The zero-order valence-electron chi connectivity index (χ0n) is 22.2. The van der Waals surface area contributed by atoms with E-state index in [1.807, 2.05) is 57.2 Å². The lowest BCUT2D eigenvalue weighted by molar-refractivity contribution is 0.0592. The van der Waals surface area contributed by atoms with Crippen LogP contribution in [0.3, 0.4) is 0 Å². The lowest BCUT2D eigenvalue weighted by atomic mass is 10.1. The SMILES string of the molecule is CCCCCCCCOc1ccc(CNc2ccc3c(OC(C)(C)C)cc(C(=O)OC)nc3n2)cc1. The predicted octanol–water partition coefficient (Wildman–Crippen LogP) is 6.95. The van der Waals surface area contributed by atoms with Crippen molar-refractivity contribution in [2.24, 2.45) is 0 Å². The largest absolute Gasteiger partial charge is 0.494 e. The Morgan fingerprint density at radius 2 is 1.67 bits per heavy atom. The molecular weight excluding hydrogens is 454 g/mol. The van der Waals surface area contributed by atoms with Crippen molar-refractivity contribution in [2.75, 3.05) is 19.0 Å². The number of anilines is 1. The number of hydrogen-bond donors (Lipinski definition) is 1. The van der Waals surface area contributed by atoms with Gasteiger partial charge in [-0.1, -0.05) is 51.2 Å². The summed E-state index contributed by atoms with van der Waals surface area (Å²) in [7, 11) is 1.33. The maximum Gasteiger partial charge on any atom is 0.356 e. The van der Waals surface area contributed by atoms with Crippen molar-refractivity contribution in [1.82, 2.24) is 9.97 Å². The minimum atomic E-state index is -0.533. The van der Waals surface area contributed by atoms with Crippen molar-refractivity contribution in [3.63, 3.8) is 0 Å². The van der Waals surface area contributed by atoms with Gasteiger partial charge in [-0.25, -0.2) is 14.8 Å². The van der Waals surface area contributed by atoms with Crippen LogP contribution in [0.2, 0.25) is 0 Å². The predicted molar refractivity (Wildman–Crippen MR) is 144 cm³/mol. The highest BCUT2D eigenvalue weighted by atomic mass is 16.5. The van der Waals surface area contributed by atoms with Crippen LogP contribution in [0.25, 0.3) is 11.0 Å². The van der Waals surface area contributed by atoms with Gasteiger partial charge in [0.1, 0.15) is 22.9 Å². The molecule has 0 fully saturated rings. The van der Waals surface area contributed by atoms with Crippen LogP contribution in [-0.2, 0) is 11.3 Å². The van der Waals surface area contributed by atoms with Gasteiger partial charge in [-0.05, 0) is 57.0 Å². The molecule has 0 spiro atoms. The van der Waals surface area contributed by atoms with Crippen LogP contribution in [0.15, 0.2) is 42.5 Å². The second-order valence-corrected chi connectivity index (χ2v) is 9.89. The van der Waals surface area contributed by atoms with Gasteiger partial charge in [0, 0.05) is 12.6 Å². The minimum absolute atomic E-state index is 0.158. The first-order valence-electron chi connectivity index (χ1n) is 12.8. The van der Waals surface area contributed by atoms with E-state index in [1.54, 1.807) is 6.07 Å². The minimum Gasteiger partial charge on any atom is -0.494 e. The molecule has 2 heterocycles. The third-order valence-corrected chi connectivity index (χ3v) is 5.61. The number of methoxy groups -OCH3 is 1. The first-order chi connectivity index (χ1) is 17.3. The van der Waals surface area contributed by atoms with Gasteiger partial charge in [0.2, 0.25) is 0 Å². The molecule has 0 radical (unpaired) electrons. The zero-order valence-corrected chi connectivity index (χ0v) is 22.2. The average molecular weight is 494 g/mol. The van der Waals surface area contributed by atoms with Gasteiger partial charge in [0.05, 0.1) is 19.1 Å². The number of pyridine rings is 2. The number of unbranched alkanes of at least 4 members (excludes halogenated alkanes) is 5. The molecule has 1 N–H and O–H groups in total. The molecule has 1 aromatic carbocycles. The van der Waals surface area contributed by atoms with Gasteiger partial charge in [0.25, 0.3) is 0 Å². The first kappa shape index (κ1) is 27.2. The smallest absolute Gasteiger partial charge is 0.356 e. The van der Waals surface area contributed by atoms with E-state index < -0.39 is 11.6 Å². The molecule has 3 aromatic rings. The standard InChI is InChI=1S/C29H39N3O4/c1-6-7-8-9-10-11-18-35-22-14-12-21(13-15-22)20-30-26-17-16-23-25(36-29(2,3)4)19-24(28(33)34-5)31-27(23)32-26/h12-17,19H,6-11,18,20H2,1-5H3,(H,30,31,32). The van der Waals surface area contributed by atoms with Crippen LogP contribution in [-0.4, -0.2) is 35.3 Å². The molecule has 0 bridgehead atoms. The number of carbonyl (C=O) groups is 1. The fourth-order valence-corrected chi connectivity index (χ4v) is 3.76. The number of nitrogens with zero attached hydrogens (tertiary/aromatic N) is 2. The van der Waals surface area contributed by atoms with E-state index in [0.29, 0.717) is 23.8 Å². The van der Waals surface area contributed by atoms with Gasteiger partial charge in [-0.15, -0.1) is 0 Å². The van der Waals surface area contributed by atoms with E-state index in [-0.39, 0.29) is 5.69 Å². The number of benzene rings is 1. The fraction of sp³-hybridized carbons (Fsp3) is 0.483. The van der Waals surface area contributed by atoms with Crippen LogP contribution in [0.1, 0.15) is 82.3 Å². The van der Waals surface area contributed by atoms with E-state index >= 15 is 0 Å². The first-order valence-corrected chi connectivity index (χ1v) is 12.8. The Bertz CT molecular complexity index is 1120. The summed E-state index contributed by atoms with van der Waals surface area (Å²) in [6, 6.07) is 13.5. The average Bonchev–Trinajstić information content (AvgIpc) is 2.86. The van der Waals surface area contributed by atoms with Crippen molar-refractivity contribution in [3.05, 3.63) is 53.7 Å². The van der Waals surface area contributed by atoms with E-state index in [0.717, 1.165) is 29.7 Å². The molecule has 0 unspecified atom stereocenters. The summed E-state index contributed by atoms with van der Waals surface area (Å²) in [6.07, 6.45) is 7.51. The third kappa shape index (κ3) is 8.40. The Morgan fingerprint density at radius 3 is 2.36 bits per heavy atom. The number of hydrogen-bond acceptors (Lipinski definition) is 7. The van der Waals surface area contributed by atoms with Crippen LogP contribution in [0, 0.1) is 0 Å². The molecule has 0 aliphatic carbocycles. The number of ether oxygens (including phenoxy) is 3. The number of fused-ring (bicyclic) bond motifs is 1. The second-order valence-electron chi connectivity index (χ2n) is 9.89. The molecule has 3 rings (SSSR count). The van der Waals surface area contributed by atoms with Crippen LogP contribution >= 0.6 is 0 Å². The molecule has 194 valence electrons. The van der Waals surface area contributed by atoms with Crippen LogP contribution in [0.4, 0.5) is 5.82 Å². The number of rotatable bonds is 13. The summed E-state index contributed by atoms with van der Waals surface area (Å²) in [5, 5.41) is 4.06. The monoisotopic (exact) mass is 493 g/mol. The topological polar surface area (TPSA) is 82.6 Å². The summed E-state index contributed by atoms with van der Waals surface area (Å²) < 4.78 is 16.8. The normalized spacial score (nSPS) is 11.4. The Morgan fingerprint density at radius 1 is 0.944 bits per heavy atom. The van der Waals surface area contributed by atoms with Crippen molar-refractivity contribution in [3.8, 4) is 11.5 Å². The Balaban J connectivity index is 1.61. The lowest BCUT2D eigenvalue weighted by Gasteiger charge is -2.22. The molecule has 0 atom stereocenters. The molecule has 36 heavy (non-hydrogen) atoms. The second kappa shape index (κ2) is 13.1. The number of aromatic nitrogens is 2. The molecule has 0 saturated heterocycles. The van der Waals surface area contributed by atoms with Crippen LogP contribution < -0.4 is 14.8 Å². The molecule has 0 aliphatic heterocycles. The van der Waals surface area contributed by atoms with Crippen molar-refractivity contribution >= 4 is 22.8 Å². The maximum atomic E-state index is 12.1. The van der Waals surface area contributed by atoms with E-state index in [9.17, 15) is 4.79 Å². The molecule has 7 nitrogen and oxygen atoms in total. The molecule has 0 saturated carbocycles. The Hall–Kier alpha value is -3.35. The lowest BCUT2D eigenvalue weighted by Crippen LogP contribution is -2.23.